The molecule has 2 aromatic heterocycles. The molecular weight excluding hydrogens is 150 g/mol. The van der Waals surface area contributed by atoms with Gasteiger partial charge in [0.2, 0.25) is 0 Å². The molecule has 0 radical (unpaired) electrons. The topological polar surface area (TPSA) is 43.3 Å². The third-order valence-electron chi connectivity index (χ3n) is 1.94. The highest BCUT2D eigenvalue weighted by molar-refractivity contribution is 5.41. The van der Waals surface area contributed by atoms with E-state index in [1.807, 2.05) is 28.9 Å². The summed E-state index contributed by atoms with van der Waals surface area (Å²) in [5, 5.41) is 0. The SMILES string of the molecule is Cc1ccc2ncc(CN)n2c1. The minimum Gasteiger partial charge on any atom is -0.325 e. The molecule has 2 heterocycles. The van der Waals surface area contributed by atoms with Crippen LogP contribution in [0.25, 0.3) is 5.65 Å². The molecule has 0 saturated heterocycles. The van der Waals surface area contributed by atoms with Gasteiger partial charge in [-0.25, -0.2) is 4.98 Å². The Morgan fingerprint density at radius 1 is 1.50 bits per heavy atom. The highest BCUT2D eigenvalue weighted by atomic mass is 15.0. The van der Waals surface area contributed by atoms with Crippen molar-refractivity contribution in [3.8, 4) is 0 Å². The molecule has 0 atom stereocenters. The largest absolute Gasteiger partial charge is 0.325 e. The predicted molar refractivity (Wildman–Crippen MR) is 47.8 cm³/mol. The fourth-order valence-electron chi connectivity index (χ4n) is 1.29. The third kappa shape index (κ3) is 0.987. The molecule has 0 bridgehead atoms. The normalized spacial score (nSPS) is 10.8. The van der Waals surface area contributed by atoms with Crippen molar-refractivity contribution < 1.29 is 0 Å². The lowest BCUT2D eigenvalue weighted by atomic mass is 10.3. The molecule has 3 nitrogen and oxygen atoms in total. The van der Waals surface area contributed by atoms with Crippen molar-refractivity contribution in [1.82, 2.24) is 9.38 Å². The van der Waals surface area contributed by atoms with Crippen LogP contribution in [0.5, 0.6) is 0 Å². The minimum absolute atomic E-state index is 0.532. The third-order valence-corrected chi connectivity index (χ3v) is 1.94. The van der Waals surface area contributed by atoms with E-state index in [-0.39, 0.29) is 0 Å². The second-order valence-electron chi connectivity index (χ2n) is 2.89. The summed E-state index contributed by atoms with van der Waals surface area (Å²) in [6, 6.07) is 4.04. The van der Waals surface area contributed by atoms with Crippen molar-refractivity contribution in [2.45, 2.75) is 13.5 Å². The standard InChI is InChI=1S/C9H11N3/c1-7-2-3-9-11-5-8(4-10)12(9)6-7/h2-3,5-6H,4,10H2,1H3. The van der Waals surface area contributed by atoms with E-state index in [0.717, 1.165) is 11.3 Å². The molecule has 0 aliphatic carbocycles. The van der Waals surface area contributed by atoms with Gasteiger partial charge >= 0.3 is 0 Å². The monoisotopic (exact) mass is 161 g/mol. The lowest BCUT2D eigenvalue weighted by Crippen LogP contribution is -2.00. The summed E-state index contributed by atoms with van der Waals surface area (Å²) in [6.07, 6.45) is 3.86. The Hall–Kier alpha value is -1.35. The molecule has 0 spiro atoms. The van der Waals surface area contributed by atoms with E-state index in [1.165, 1.54) is 5.56 Å². The summed E-state index contributed by atoms with van der Waals surface area (Å²) < 4.78 is 2.02. The maximum atomic E-state index is 5.55. The van der Waals surface area contributed by atoms with Gasteiger partial charge in [-0.15, -0.1) is 0 Å². The lowest BCUT2D eigenvalue weighted by molar-refractivity contribution is 0.954. The summed E-state index contributed by atoms with van der Waals surface area (Å²) in [4.78, 5) is 4.21. The molecule has 3 heteroatoms. The van der Waals surface area contributed by atoms with Gasteiger partial charge in [-0.2, -0.15) is 0 Å². The first kappa shape index (κ1) is 7.31. The van der Waals surface area contributed by atoms with Gasteiger partial charge in [-0.3, -0.25) is 0 Å². The second kappa shape index (κ2) is 2.60. The Morgan fingerprint density at radius 2 is 2.33 bits per heavy atom. The number of nitrogens with zero attached hydrogens (tertiary/aromatic N) is 2. The molecule has 62 valence electrons. The van der Waals surface area contributed by atoms with Crippen LogP contribution in [0.15, 0.2) is 24.5 Å². The van der Waals surface area contributed by atoms with Crippen LogP contribution in [0.3, 0.4) is 0 Å². The summed E-state index contributed by atoms with van der Waals surface area (Å²) >= 11 is 0. The van der Waals surface area contributed by atoms with Crippen molar-refractivity contribution in [3.63, 3.8) is 0 Å². The van der Waals surface area contributed by atoms with Gasteiger partial charge in [0.1, 0.15) is 5.65 Å². The zero-order chi connectivity index (χ0) is 8.55. The summed E-state index contributed by atoms with van der Waals surface area (Å²) in [6.45, 7) is 2.59. The van der Waals surface area contributed by atoms with Crippen molar-refractivity contribution in [3.05, 3.63) is 35.8 Å². The first-order valence-electron chi connectivity index (χ1n) is 3.94. The summed E-state index contributed by atoms with van der Waals surface area (Å²) in [5.74, 6) is 0. The van der Waals surface area contributed by atoms with Crippen molar-refractivity contribution >= 4 is 5.65 Å². The molecule has 2 aromatic rings. The highest BCUT2D eigenvalue weighted by Crippen LogP contribution is 2.07. The van der Waals surface area contributed by atoms with E-state index in [1.54, 1.807) is 0 Å². The molecule has 0 saturated carbocycles. The fourth-order valence-corrected chi connectivity index (χ4v) is 1.29. The van der Waals surface area contributed by atoms with E-state index in [9.17, 15) is 0 Å². The van der Waals surface area contributed by atoms with Crippen LogP contribution in [0, 0.1) is 6.92 Å². The average molecular weight is 161 g/mol. The minimum atomic E-state index is 0.532. The zero-order valence-electron chi connectivity index (χ0n) is 6.99. The van der Waals surface area contributed by atoms with E-state index < -0.39 is 0 Å². The summed E-state index contributed by atoms with van der Waals surface area (Å²) in [5.41, 5.74) is 8.78. The number of aromatic nitrogens is 2. The Labute approximate surface area is 70.8 Å². The first-order chi connectivity index (χ1) is 5.81. The van der Waals surface area contributed by atoms with Gasteiger partial charge in [-0.1, -0.05) is 6.07 Å². The molecule has 0 fully saturated rings. The number of nitrogens with two attached hydrogens (primary N) is 1. The van der Waals surface area contributed by atoms with E-state index in [4.69, 9.17) is 5.73 Å². The van der Waals surface area contributed by atoms with Gasteiger partial charge in [0, 0.05) is 12.7 Å². The summed E-state index contributed by atoms with van der Waals surface area (Å²) in [7, 11) is 0. The molecule has 2 rings (SSSR count). The number of fused-ring (bicyclic) bond motifs is 1. The molecule has 0 unspecified atom stereocenters. The average Bonchev–Trinajstić information content (AvgIpc) is 2.46. The second-order valence-corrected chi connectivity index (χ2v) is 2.89. The number of rotatable bonds is 1. The van der Waals surface area contributed by atoms with Crippen LogP contribution in [-0.2, 0) is 6.54 Å². The van der Waals surface area contributed by atoms with Gasteiger partial charge in [0.05, 0.1) is 11.9 Å². The predicted octanol–water partition coefficient (Wildman–Crippen LogP) is 1.10. The number of aryl methyl sites for hydroxylation is 1. The van der Waals surface area contributed by atoms with E-state index in [0.29, 0.717) is 6.54 Å². The Bertz CT molecular complexity index is 403. The quantitative estimate of drug-likeness (QED) is 0.680. The van der Waals surface area contributed by atoms with Gasteiger partial charge in [0.25, 0.3) is 0 Å². The van der Waals surface area contributed by atoms with Crippen LogP contribution in [-0.4, -0.2) is 9.38 Å². The molecule has 0 aliphatic heterocycles. The molecule has 0 aliphatic rings. The Morgan fingerprint density at radius 3 is 3.08 bits per heavy atom. The van der Waals surface area contributed by atoms with Gasteiger partial charge in [-0.05, 0) is 18.6 Å². The molecule has 2 N–H and O–H groups in total. The molecule has 12 heavy (non-hydrogen) atoms. The van der Waals surface area contributed by atoms with Crippen LogP contribution in [0.2, 0.25) is 0 Å². The van der Waals surface area contributed by atoms with Gasteiger partial charge < -0.3 is 10.1 Å². The smallest absolute Gasteiger partial charge is 0.136 e. The molecule has 0 aromatic carbocycles. The van der Waals surface area contributed by atoms with Crippen molar-refractivity contribution in [2.24, 2.45) is 5.73 Å². The first-order valence-corrected chi connectivity index (χ1v) is 3.94. The van der Waals surface area contributed by atoms with E-state index >= 15 is 0 Å². The highest BCUT2D eigenvalue weighted by Gasteiger charge is 1.99. The Balaban J connectivity index is 2.75. The van der Waals surface area contributed by atoms with Gasteiger partial charge in [0.15, 0.2) is 0 Å². The molecular formula is C9H11N3. The van der Waals surface area contributed by atoms with Crippen LogP contribution in [0.1, 0.15) is 11.3 Å². The van der Waals surface area contributed by atoms with Crippen molar-refractivity contribution in [2.75, 3.05) is 0 Å². The molecule has 0 amide bonds. The maximum absolute atomic E-state index is 5.55. The number of hydrogen-bond donors (Lipinski definition) is 1. The lowest BCUT2D eigenvalue weighted by Gasteiger charge is -1.98. The number of imidazole rings is 1. The van der Waals surface area contributed by atoms with Crippen molar-refractivity contribution in [1.29, 1.82) is 0 Å². The fraction of sp³-hybridized carbons (Fsp3) is 0.222. The number of hydrogen-bond acceptors (Lipinski definition) is 2. The van der Waals surface area contributed by atoms with E-state index in [2.05, 4.69) is 11.9 Å². The van der Waals surface area contributed by atoms with Crippen LogP contribution in [0.4, 0.5) is 0 Å². The Kier molecular flexibility index (Phi) is 1.59. The maximum Gasteiger partial charge on any atom is 0.136 e. The zero-order valence-corrected chi connectivity index (χ0v) is 6.99. The van der Waals surface area contributed by atoms with Crippen LogP contribution < -0.4 is 5.73 Å². The van der Waals surface area contributed by atoms with Crippen LogP contribution >= 0.6 is 0 Å². The number of pyridine rings is 1.